The fourth-order valence-corrected chi connectivity index (χ4v) is 2.15. The number of hydrogen-bond acceptors (Lipinski definition) is 3. The average Bonchev–Trinajstić information content (AvgIpc) is 2.56. The van der Waals surface area contributed by atoms with Crippen molar-refractivity contribution in [3.05, 3.63) is 30.1 Å². The maximum absolute atomic E-state index is 11.8. The SMILES string of the molecule is C[C@H](NC1CCCCNC1=O)c1ccncc1. The largest absolute Gasteiger partial charge is 0.355 e. The van der Waals surface area contributed by atoms with Gasteiger partial charge in [-0.3, -0.25) is 15.1 Å². The molecule has 4 heteroatoms. The van der Waals surface area contributed by atoms with Gasteiger partial charge in [-0.25, -0.2) is 0 Å². The number of carbonyl (C=O) groups excluding carboxylic acids is 1. The van der Waals surface area contributed by atoms with Crippen molar-refractivity contribution >= 4 is 5.91 Å². The quantitative estimate of drug-likeness (QED) is 0.829. The average molecular weight is 233 g/mol. The third-order valence-corrected chi connectivity index (χ3v) is 3.19. The van der Waals surface area contributed by atoms with Crippen LogP contribution in [-0.4, -0.2) is 23.5 Å². The van der Waals surface area contributed by atoms with Crippen LogP contribution in [0.1, 0.15) is 37.8 Å². The van der Waals surface area contributed by atoms with Gasteiger partial charge in [0.15, 0.2) is 0 Å². The summed E-state index contributed by atoms with van der Waals surface area (Å²) in [7, 11) is 0. The molecule has 4 nitrogen and oxygen atoms in total. The molecule has 2 N–H and O–H groups in total. The van der Waals surface area contributed by atoms with Crippen LogP contribution in [0.4, 0.5) is 0 Å². The lowest BCUT2D eigenvalue weighted by atomic mass is 10.1. The van der Waals surface area contributed by atoms with E-state index >= 15 is 0 Å². The van der Waals surface area contributed by atoms with E-state index < -0.39 is 0 Å². The van der Waals surface area contributed by atoms with Gasteiger partial charge in [-0.15, -0.1) is 0 Å². The van der Waals surface area contributed by atoms with Crippen LogP contribution < -0.4 is 10.6 Å². The van der Waals surface area contributed by atoms with Gasteiger partial charge in [0.1, 0.15) is 0 Å². The summed E-state index contributed by atoms with van der Waals surface area (Å²) in [6.07, 6.45) is 6.65. The standard InChI is InChI=1S/C13H19N3O/c1-10(11-5-8-14-9-6-11)16-12-4-2-3-7-15-13(12)17/h5-6,8-10,12,16H,2-4,7H2,1H3,(H,15,17)/t10-,12?/m0/s1. The molecule has 0 spiro atoms. The molecule has 2 rings (SSSR count). The zero-order valence-corrected chi connectivity index (χ0v) is 10.1. The van der Waals surface area contributed by atoms with Crippen molar-refractivity contribution in [2.45, 2.75) is 38.3 Å². The summed E-state index contributed by atoms with van der Waals surface area (Å²) >= 11 is 0. The molecule has 0 aliphatic carbocycles. The maximum Gasteiger partial charge on any atom is 0.237 e. The summed E-state index contributed by atoms with van der Waals surface area (Å²) < 4.78 is 0. The van der Waals surface area contributed by atoms with Crippen LogP contribution in [0.3, 0.4) is 0 Å². The lowest BCUT2D eigenvalue weighted by Gasteiger charge is -2.21. The second kappa shape index (κ2) is 5.77. The van der Waals surface area contributed by atoms with E-state index in [1.807, 2.05) is 12.1 Å². The van der Waals surface area contributed by atoms with Crippen LogP contribution in [0.15, 0.2) is 24.5 Å². The van der Waals surface area contributed by atoms with Gasteiger partial charge in [0.2, 0.25) is 5.91 Å². The number of nitrogens with one attached hydrogen (secondary N) is 2. The summed E-state index contributed by atoms with van der Waals surface area (Å²) in [5, 5.41) is 6.32. The van der Waals surface area contributed by atoms with Crippen molar-refractivity contribution in [2.75, 3.05) is 6.54 Å². The molecule has 0 aromatic carbocycles. The van der Waals surface area contributed by atoms with E-state index in [4.69, 9.17) is 0 Å². The summed E-state index contributed by atoms with van der Waals surface area (Å²) in [6, 6.07) is 4.06. The minimum Gasteiger partial charge on any atom is -0.355 e. The molecule has 1 aliphatic rings. The van der Waals surface area contributed by atoms with E-state index in [2.05, 4.69) is 22.5 Å². The Bertz CT molecular complexity index is 366. The van der Waals surface area contributed by atoms with Crippen molar-refractivity contribution in [2.24, 2.45) is 0 Å². The first-order chi connectivity index (χ1) is 8.27. The molecule has 1 aliphatic heterocycles. The molecular weight excluding hydrogens is 214 g/mol. The molecule has 1 unspecified atom stereocenters. The summed E-state index contributed by atoms with van der Waals surface area (Å²) in [5.41, 5.74) is 1.16. The van der Waals surface area contributed by atoms with Crippen LogP contribution >= 0.6 is 0 Å². The van der Waals surface area contributed by atoms with E-state index in [1.54, 1.807) is 12.4 Å². The minimum atomic E-state index is -0.0688. The van der Waals surface area contributed by atoms with Crippen molar-refractivity contribution in [1.82, 2.24) is 15.6 Å². The first-order valence-corrected chi connectivity index (χ1v) is 6.21. The van der Waals surface area contributed by atoms with Crippen LogP contribution in [0.5, 0.6) is 0 Å². The fourth-order valence-electron chi connectivity index (χ4n) is 2.15. The van der Waals surface area contributed by atoms with Crippen molar-refractivity contribution in [3.8, 4) is 0 Å². The van der Waals surface area contributed by atoms with E-state index in [-0.39, 0.29) is 18.0 Å². The highest BCUT2D eigenvalue weighted by Crippen LogP contribution is 2.14. The smallest absolute Gasteiger partial charge is 0.237 e. The van der Waals surface area contributed by atoms with E-state index in [9.17, 15) is 4.79 Å². The zero-order valence-electron chi connectivity index (χ0n) is 10.1. The van der Waals surface area contributed by atoms with Crippen molar-refractivity contribution in [3.63, 3.8) is 0 Å². The number of carbonyl (C=O) groups is 1. The molecular formula is C13H19N3O. The number of amides is 1. The molecule has 1 aromatic rings. The van der Waals surface area contributed by atoms with Crippen molar-refractivity contribution in [1.29, 1.82) is 0 Å². The molecule has 2 atom stereocenters. The van der Waals surface area contributed by atoms with Gasteiger partial charge < -0.3 is 5.32 Å². The van der Waals surface area contributed by atoms with Gasteiger partial charge in [0.25, 0.3) is 0 Å². The van der Waals surface area contributed by atoms with Gasteiger partial charge in [-0.1, -0.05) is 0 Å². The molecule has 0 bridgehead atoms. The Morgan fingerprint density at radius 2 is 2.18 bits per heavy atom. The van der Waals surface area contributed by atoms with Crippen LogP contribution in [0, 0.1) is 0 Å². The van der Waals surface area contributed by atoms with Crippen LogP contribution in [0.25, 0.3) is 0 Å². The highest BCUT2D eigenvalue weighted by Gasteiger charge is 2.22. The highest BCUT2D eigenvalue weighted by atomic mass is 16.2. The first-order valence-electron chi connectivity index (χ1n) is 6.21. The topological polar surface area (TPSA) is 54.0 Å². The third-order valence-electron chi connectivity index (χ3n) is 3.19. The molecule has 2 heterocycles. The number of aromatic nitrogens is 1. The lowest BCUT2D eigenvalue weighted by Crippen LogP contribution is -2.43. The molecule has 17 heavy (non-hydrogen) atoms. The second-order valence-electron chi connectivity index (χ2n) is 4.51. The Kier molecular flexibility index (Phi) is 4.09. The number of nitrogens with zero attached hydrogens (tertiary/aromatic N) is 1. The second-order valence-corrected chi connectivity index (χ2v) is 4.51. The highest BCUT2D eigenvalue weighted by molar-refractivity contribution is 5.81. The fraction of sp³-hybridized carbons (Fsp3) is 0.538. The van der Waals surface area contributed by atoms with Crippen LogP contribution in [0.2, 0.25) is 0 Å². The molecule has 1 aromatic heterocycles. The Balaban J connectivity index is 1.97. The Morgan fingerprint density at radius 3 is 2.94 bits per heavy atom. The third kappa shape index (κ3) is 3.27. The predicted molar refractivity (Wildman–Crippen MR) is 66.4 cm³/mol. The molecule has 1 saturated heterocycles. The lowest BCUT2D eigenvalue weighted by molar-refractivity contribution is -0.123. The minimum absolute atomic E-state index is 0.0688. The van der Waals surface area contributed by atoms with Gasteiger partial charge in [0, 0.05) is 25.0 Å². The normalized spacial score (nSPS) is 22.6. The zero-order chi connectivity index (χ0) is 12.1. The van der Waals surface area contributed by atoms with Gasteiger partial charge in [-0.05, 0) is 43.9 Å². The molecule has 0 radical (unpaired) electrons. The summed E-state index contributed by atoms with van der Waals surface area (Å²) in [6.45, 7) is 2.88. The van der Waals surface area contributed by atoms with Crippen molar-refractivity contribution < 1.29 is 4.79 Å². The van der Waals surface area contributed by atoms with E-state index in [0.29, 0.717) is 0 Å². The maximum atomic E-state index is 11.8. The Morgan fingerprint density at radius 1 is 1.41 bits per heavy atom. The van der Waals surface area contributed by atoms with Gasteiger partial charge >= 0.3 is 0 Å². The summed E-state index contributed by atoms with van der Waals surface area (Å²) in [4.78, 5) is 15.8. The monoisotopic (exact) mass is 233 g/mol. The van der Waals surface area contributed by atoms with E-state index in [0.717, 1.165) is 31.4 Å². The molecule has 92 valence electrons. The molecule has 1 amide bonds. The first kappa shape index (κ1) is 12.0. The Labute approximate surface area is 102 Å². The molecule has 0 saturated carbocycles. The number of hydrogen-bond donors (Lipinski definition) is 2. The van der Waals surface area contributed by atoms with Crippen LogP contribution in [-0.2, 0) is 4.79 Å². The predicted octanol–water partition coefficient (Wildman–Crippen LogP) is 1.40. The van der Waals surface area contributed by atoms with Gasteiger partial charge in [0.05, 0.1) is 6.04 Å². The Hall–Kier alpha value is -1.42. The molecule has 1 fully saturated rings. The summed E-state index contributed by atoms with van der Waals surface area (Å²) in [5.74, 6) is 0.128. The number of pyridine rings is 1. The van der Waals surface area contributed by atoms with E-state index in [1.165, 1.54) is 0 Å². The van der Waals surface area contributed by atoms with Gasteiger partial charge in [-0.2, -0.15) is 0 Å². The number of rotatable bonds is 3.